The van der Waals surface area contributed by atoms with E-state index in [1.54, 1.807) is 6.20 Å². The number of aromatic nitrogens is 3. The largest absolute Gasteiger partial charge is 0.378 e. The van der Waals surface area contributed by atoms with Crippen LogP contribution in [-0.2, 0) is 11.8 Å². The standard InChI is InChI=1S/C26H24N4/c1-30(2)22-12-6-11-21(16-22)26(20-9-4-3-5-10-20)14-13-23-24(17-26)28-29-25(23)19-8-7-15-27-18-19/h3-16,18H,17H2,1-2H3,(H,28,29). The molecule has 30 heavy (non-hydrogen) atoms. The van der Waals surface area contributed by atoms with Gasteiger partial charge in [0.15, 0.2) is 0 Å². The van der Waals surface area contributed by atoms with Crippen molar-refractivity contribution in [2.45, 2.75) is 11.8 Å². The predicted octanol–water partition coefficient (Wildman–Crippen LogP) is 5.09. The first-order chi connectivity index (χ1) is 14.7. The van der Waals surface area contributed by atoms with Gasteiger partial charge in [0.25, 0.3) is 0 Å². The molecule has 0 aliphatic heterocycles. The summed E-state index contributed by atoms with van der Waals surface area (Å²) in [5.41, 5.74) is 7.79. The molecule has 0 spiro atoms. The Kier molecular flexibility index (Phi) is 4.47. The SMILES string of the molecule is CN(C)c1cccc(C2(c3ccccc3)C=Cc3c(-c4cccnc4)n[nH]c3C2)c1. The van der Waals surface area contributed by atoms with Crippen LogP contribution in [0.1, 0.15) is 22.4 Å². The number of H-pyrrole nitrogens is 1. The van der Waals surface area contributed by atoms with Gasteiger partial charge in [-0.1, -0.05) is 54.6 Å². The number of nitrogens with zero attached hydrogens (tertiary/aromatic N) is 3. The molecule has 0 saturated carbocycles. The number of aromatic amines is 1. The van der Waals surface area contributed by atoms with Crippen molar-refractivity contribution in [3.63, 3.8) is 0 Å². The number of benzene rings is 2. The first-order valence-electron chi connectivity index (χ1n) is 10.2. The highest BCUT2D eigenvalue weighted by molar-refractivity contribution is 5.76. The summed E-state index contributed by atoms with van der Waals surface area (Å²) in [4.78, 5) is 6.41. The van der Waals surface area contributed by atoms with E-state index in [1.165, 1.54) is 16.8 Å². The third-order valence-electron chi connectivity index (χ3n) is 5.97. The van der Waals surface area contributed by atoms with Crippen LogP contribution in [0.3, 0.4) is 0 Å². The predicted molar refractivity (Wildman–Crippen MR) is 123 cm³/mol. The number of nitrogens with one attached hydrogen (secondary N) is 1. The molecular formula is C26H24N4. The van der Waals surface area contributed by atoms with Crippen molar-refractivity contribution in [1.29, 1.82) is 0 Å². The van der Waals surface area contributed by atoms with Gasteiger partial charge < -0.3 is 4.90 Å². The van der Waals surface area contributed by atoms with Crippen LogP contribution in [0.2, 0.25) is 0 Å². The molecule has 0 fully saturated rings. The van der Waals surface area contributed by atoms with Gasteiger partial charge in [-0.3, -0.25) is 10.1 Å². The van der Waals surface area contributed by atoms with Crippen LogP contribution in [0.25, 0.3) is 17.3 Å². The lowest BCUT2D eigenvalue weighted by Crippen LogP contribution is -2.30. The van der Waals surface area contributed by atoms with E-state index in [-0.39, 0.29) is 5.41 Å². The summed E-state index contributed by atoms with van der Waals surface area (Å²) in [5, 5.41) is 7.96. The van der Waals surface area contributed by atoms with Gasteiger partial charge in [-0.2, -0.15) is 5.10 Å². The molecule has 4 heteroatoms. The highest BCUT2D eigenvalue weighted by Crippen LogP contribution is 2.43. The summed E-state index contributed by atoms with van der Waals surface area (Å²) in [6, 6.07) is 23.6. The average molecular weight is 393 g/mol. The molecule has 1 aliphatic carbocycles. The monoisotopic (exact) mass is 392 g/mol. The maximum Gasteiger partial charge on any atom is 0.101 e. The summed E-state index contributed by atoms with van der Waals surface area (Å²) in [5.74, 6) is 0. The molecule has 1 atom stereocenters. The minimum atomic E-state index is -0.251. The molecule has 4 aromatic rings. The third-order valence-corrected chi connectivity index (χ3v) is 5.97. The Morgan fingerprint density at radius 3 is 2.53 bits per heavy atom. The first kappa shape index (κ1) is 18.4. The minimum Gasteiger partial charge on any atom is -0.378 e. The van der Waals surface area contributed by atoms with Crippen LogP contribution in [0.4, 0.5) is 5.69 Å². The molecule has 0 bridgehead atoms. The lowest BCUT2D eigenvalue weighted by molar-refractivity contribution is 0.620. The Balaban J connectivity index is 1.66. The average Bonchev–Trinajstić information content (AvgIpc) is 3.23. The summed E-state index contributed by atoms with van der Waals surface area (Å²) in [6.45, 7) is 0. The summed E-state index contributed by atoms with van der Waals surface area (Å²) in [6.07, 6.45) is 9.04. The molecule has 0 amide bonds. The zero-order chi connectivity index (χ0) is 20.6. The van der Waals surface area contributed by atoms with E-state index < -0.39 is 0 Å². The van der Waals surface area contributed by atoms with E-state index in [0.717, 1.165) is 28.9 Å². The fourth-order valence-corrected chi connectivity index (χ4v) is 4.35. The van der Waals surface area contributed by atoms with E-state index in [1.807, 2.05) is 12.3 Å². The second kappa shape index (κ2) is 7.30. The van der Waals surface area contributed by atoms with Crippen LogP contribution in [0.5, 0.6) is 0 Å². The van der Waals surface area contributed by atoms with Crippen molar-refractivity contribution in [2.75, 3.05) is 19.0 Å². The Morgan fingerprint density at radius 1 is 0.933 bits per heavy atom. The van der Waals surface area contributed by atoms with Crippen molar-refractivity contribution in [3.05, 3.63) is 108 Å². The lowest BCUT2D eigenvalue weighted by Gasteiger charge is -2.35. The molecule has 4 nitrogen and oxygen atoms in total. The van der Waals surface area contributed by atoms with Crippen molar-refractivity contribution >= 4 is 11.8 Å². The molecule has 2 heterocycles. The Morgan fingerprint density at radius 2 is 1.77 bits per heavy atom. The molecule has 0 radical (unpaired) electrons. The van der Waals surface area contributed by atoms with Gasteiger partial charge >= 0.3 is 0 Å². The maximum atomic E-state index is 4.64. The minimum absolute atomic E-state index is 0.251. The molecule has 148 valence electrons. The number of fused-ring (bicyclic) bond motifs is 1. The van der Waals surface area contributed by atoms with Crippen molar-refractivity contribution < 1.29 is 0 Å². The first-order valence-corrected chi connectivity index (χ1v) is 10.2. The van der Waals surface area contributed by atoms with Gasteiger partial charge in [-0.15, -0.1) is 0 Å². The smallest absolute Gasteiger partial charge is 0.101 e. The van der Waals surface area contributed by atoms with Gasteiger partial charge in [-0.25, -0.2) is 0 Å². The second-order valence-corrected chi connectivity index (χ2v) is 8.00. The highest BCUT2D eigenvalue weighted by atomic mass is 15.1. The molecule has 1 aliphatic rings. The topological polar surface area (TPSA) is 44.8 Å². The molecule has 2 aromatic carbocycles. The third kappa shape index (κ3) is 3.01. The summed E-state index contributed by atoms with van der Waals surface area (Å²) < 4.78 is 0. The summed E-state index contributed by atoms with van der Waals surface area (Å²) >= 11 is 0. The van der Waals surface area contributed by atoms with E-state index in [0.29, 0.717) is 0 Å². The Labute approximate surface area is 176 Å². The highest BCUT2D eigenvalue weighted by Gasteiger charge is 2.36. The molecule has 1 N–H and O–H groups in total. The number of hydrogen-bond acceptors (Lipinski definition) is 3. The van der Waals surface area contributed by atoms with Gasteiger partial charge in [0.1, 0.15) is 5.69 Å². The number of anilines is 1. The van der Waals surface area contributed by atoms with Gasteiger partial charge in [0.05, 0.1) is 0 Å². The molecular weight excluding hydrogens is 368 g/mol. The molecule has 0 saturated heterocycles. The second-order valence-electron chi connectivity index (χ2n) is 8.00. The molecule has 2 aromatic heterocycles. The van der Waals surface area contributed by atoms with Crippen molar-refractivity contribution in [3.8, 4) is 11.3 Å². The van der Waals surface area contributed by atoms with Crippen LogP contribution >= 0.6 is 0 Å². The van der Waals surface area contributed by atoms with E-state index in [9.17, 15) is 0 Å². The van der Waals surface area contributed by atoms with Crippen molar-refractivity contribution in [2.24, 2.45) is 0 Å². The zero-order valence-electron chi connectivity index (χ0n) is 17.2. The van der Waals surface area contributed by atoms with Gasteiger partial charge in [0, 0.05) is 60.8 Å². The molecule has 5 rings (SSSR count). The van der Waals surface area contributed by atoms with E-state index in [4.69, 9.17) is 0 Å². The van der Waals surface area contributed by atoms with E-state index in [2.05, 4.69) is 107 Å². The van der Waals surface area contributed by atoms with Gasteiger partial charge in [-0.05, 0) is 35.4 Å². The number of hydrogen-bond donors (Lipinski definition) is 1. The zero-order valence-corrected chi connectivity index (χ0v) is 17.2. The fraction of sp³-hybridized carbons (Fsp3) is 0.154. The Bertz CT molecular complexity index is 1190. The maximum absolute atomic E-state index is 4.64. The quantitative estimate of drug-likeness (QED) is 0.526. The van der Waals surface area contributed by atoms with Crippen LogP contribution < -0.4 is 4.90 Å². The van der Waals surface area contributed by atoms with Crippen LogP contribution in [-0.4, -0.2) is 29.3 Å². The van der Waals surface area contributed by atoms with Crippen LogP contribution in [0.15, 0.2) is 85.2 Å². The number of rotatable bonds is 4. The molecule has 1 unspecified atom stereocenters. The van der Waals surface area contributed by atoms with Crippen molar-refractivity contribution in [1.82, 2.24) is 15.2 Å². The van der Waals surface area contributed by atoms with Gasteiger partial charge in [0.2, 0.25) is 0 Å². The number of pyridine rings is 1. The van der Waals surface area contributed by atoms with E-state index >= 15 is 0 Å². The summed E-state index contributed by atoms with van der Waals surface area (Å²) in [7, 11) is 4.16. The normalized spacial score (nSPS) is 17.5. The fourth-order valence-electron chi connectivity index (χ4n) is 4.35. The Hall–Kier alpha value is -3.66. The number of allylic oxidation sites excluding steroid dienone is 1. The van der Waals surface area contributed by atoms with Crippen LogP contribution in [0, 0.1) is 0 Å². The lowest BCUT2D eigenvalue weighted by atomic mass is 9.68.